The number of alkyl halides is 2. The molecular formula is C20H19F2NO4S. The molecule has 1 atom stereocenters. The largest absolute Gasteiger partial charge is 0.449 e. The number of ether oxygens (including phenoxy) is 2. The fourth-order valence-electron chi connectivity index (χ4n) is 2.15. The van der Waals surface area contributed by atoms with Crippen LogP contribution in [0.3, 0.4) is 0 Å². The van der Waals surface area contributed by atoms with Gasteiger partial charge in [0.1, 0.15) is 5.75 Å². The summed E-state index contributed by atoms with van der Waals surface area (Å²) in [7, 11) is 0. The van der Waals surface area contributed by atoms with Crippen LogP contribution in [0.5, 0.6) is 5.75 Å². The first-order valence-electron chi connectivity index (χ1n) is 8.26. The molecule has 0 radical (unpaired) electrons. The highest BCUT2D eigenvalue weighted by atomic mass is 32.2. The van der Waals surface area contributed by atoms with E-state index in [0.717, 1.165) is 10.5 Å². The second-order valence-corrected chi connectivity index (χ2v) is 6.43. The lowest BCUT2D eigenvalue weighted by molar-refractivity contribution is -0.148. The molecule has 0 spiro atoms. The molecule has 2 rings (SSSR count). The molecule has 28 heavy (non-hydrogen) atoms. The normalized spacial score (nSPS) is 12.0. The van der Waals surface area contributed by atoms with Gasteiger partial charge in [-0.15, -0.1) is 11.8 Å². The average molecular weight is 407 g/mol. The van der Waals surface area contributed by atoms with E-state index in [-0.39, 0.29) is 11.4 Å². The monoisotopic (exact) mass is 407 g/mol. The first-order chi connectivity index (χ1) is 13.4. The highest BCUT2D eigenvalue weighted by Gasteiger charge is 2.19. The zero-order chi connectivity index (χ0) is 20.5. The molecule has 1 N–H and O–H groups in total. The summed E-state index contributed by atoms with van der Waals surface area (Å²) in [4.78, 5) is 25.2. The molecule has 0 aromatic heterocycles. The Labute approximate surface area is 165 Å². The van der Waals surface area contributed by atoms with E-state index in [2.05, 4.69) is 10.1 Å². The fraction of sp³-hybridized carbons (Fsp3) is 0.200. The van der Waals surface area contributed by atoms with Crippen molar-refractivity contribution in [2.75, 3.05) is 11.6 Å². The number of rotatable bonds is 8. The molecule has 0 fully saturated rings. The number of para-hydroxylation sites is 2. The van der Waals surface area contributed by atoms with Crippen molar-refractivity contribution in [2.45, 2.75) is 24.5 Å². The van der Waals surface area contributed by atoms with Gasteiger partial charge in [0.2, 0.25) is 0 Å². The van der Waals surface area contributed by atoms with Gasteiger partial charge in [-0.25, -0.2) is 4.79 Å². The summed E-state index contributed by atoms with van der Waals surface area (Å²) >= 11 is 1.61. The predicted molar refractivity (Wildman–Crippen MR) is 105 cm³/mol. The van der Waals surface area contributed by atoms with Gasteiger partial charge in [0.05, 0.1) is 5.69 Å². The lowest BCUT2D eigenvalue weighted by Crippen LogP contribution is -2.29. The standard InChI is InChI=1S/C20H19F2NO4S/c1-13(19(25)23-16-5-3-4-6-17(16)27-20(21)22)26-18(24)12-9-14-7-10-15(28-2)11-8-14/h3-13,20H,1-2H3,(H,23,25)/b12-9+/t13-/m1/s1. The van der Waals surface area contributed by atoms with Crippen molar-refractivity contribution in [2.24, 2.45) is 0 Å². The quantitative estimate of drug-likeness (QED) is 0.394. The average Bonchev–Trinajstić information content (AvgIpc) is 2.67. The molecule has 8 heteroatoms. The number of thioether (sulfide) groups is 1. The molecule has 0 heterocycles. The van der Waals surface area contributed by atoms with Crippen molar-refractivity contribution in [3.05, 3.63) is 60.2 Å². The van der Waals surface area contributed by atoms with Crippen LogP contribution in [0.25, 0.3) is 6.08 Å². The van der Waals surface area contributed by atoms with Gasteiger partial charge in [-0.3, -0.25) is 4.79 Å². The second-order valence-electron chi connectivity index (χ2n) is 5.55. The van der Waals surface area contributed by atoms with Crippen molar-refractivity contribution < 1.29 is 27.8 Å². The molecule has 1 amide bonds. The van der Waals surface area contributed by atoms with Crippen LogP contribution in [0, 0.1) is 0 Å². The summed E-state index contributed by atoms with van der Waals surface area (Å²) in [6, 6.07) is 13.3. The number of hydrogen-bond donors (Lipinski definition) is 1. The van der Waals surface area contributed by atoms with E-state index in [4.69, 9.17) is 4.74 Å². The van der Waals surface area contributed by atoms with Gasteiger partial charge in [-0.1, -0.05) is 24.3 Å². The molecule has 0 aliphatic rings. The second kappa shape index (κ2) is 10.5. The molecule has 0 saturated heterocycles. The number of anilines is 1. The van der Waals surface area contributed by atoms with Crippen molar-refractivity contribution in [1.29, 1.82) is 0 Å². The van der Waals surface area contributed by atoms with Crippen molar-refractivity contribution in [3.8, 4) is 5.75 Å². The molecule has 2 aromatic rings. The van der Waals surface area contributed by atoms with Crippen molar-refractivity contribution >= 4 is 35.4 Å². The van der Waals surface area contributed by atoms with E-state index in [1.165, 1.54) is 31.2 Å². The van der Waals surface area contributed by atoms with Crippen molar-refractivity contribution in [1.82, 2.24) is 0 Å². The van der Waals surface area contributed by atoms with Crippen LogP contribution in [-0.2, 0) is 14.3 Å². The van der Waals surface area contributed by atoms with Gasteiger partial charge in [0, 0.05) is 11.0 Å². The summed E-state index contributed by atoms with van der Waals surface area (Å²) < 4.78 is 34.2. The predicted octanol–water partition coefficient (Wildman–Crippen LogP) is 4.59. The van der Waals surface area contributed by atoms with Crippen LogP contribution in [0.15, 0.2) is 59.5 Å². The topological polar surface area (TPSA) is 64.6 Å². The minimum atomic E-state index is -3.02. The minimum Gasteiger partial charge on any atom is -0.449 e. The number of carbonyl (C=O) groups excluding carboxylic acids is 2. The third-order valence-electron chi connectivity index (χ3n) is 3.55. The number of halogens is 2. The Hall–Kier alpha value is -2.87. The summed E-state index contributed by atoms with van der Waals surface area (Å²) in [6.07, 6.45) is 3.62. The van der Waals surface area contributed by atoms with E-state index in [9.17, 15) is 18.4 Å². The van der Waals surface area contributed by atoms with E-state index < -0.39 is 24.6 Å². The van der Waals surface area contributed by atoms with Crippen LogP contribution in [-0.4, -0.2) is 30.8 Å². The molecule has 5 nitrogen and oxygen atoms in total. The first kappa shape index (κ1) is 21.4. The van der Waals surface area contributed by atoms with Gasteiger partial charge >= 0.3 is 12.6 Å². The fourth-order valence-corrected chi connectivity index (χ4v) is 2.56. The molecule has 0 bridgehead atoms. The Morgan fingerprint density at radius 3 is 2.43 bits per heavy atom. The molecule has 2 aromatic carbocycles. The molecule has 0 aliphatic carbocycles. The highest BCUT2D eigenvalue weighted by molar-refractivity contribution is 7.98. The van der Waals surface area contributed by atoms with E-state index in [0.29, 0.717) is 0 Å². The minimum absolute atomic E-state index is 0.0557. The van der Waals surface area contributed by atoms with Crippen molar-refractivity contribution in [3.63, 3.8) is 0 Å². The number of nitrogens with one attached hydrogen (secondary N) is 1. The third-order valence-corrected chi connectivity index (χ3v) is 4.29. The van der Waals surface area contributed by atoms with Gasteiger partial charge in [-0.05, 0) is 49.1 Å². The smallest absolute Gasteiger partial charge is 0.387 e. The summed E-state index contributed by atoms with van der Waals surface area (Å²) in [5.74, 6) is -1.55. The Morgan fingerprint density at radius 2 is 1.79 bits per heavy atom. The van der Waals surface area contributed by atoms with E-state index in [1.807, 2.05) is 30.5 Å². The maximum Gasteiger partial charge on any atom is 0.387 e. The summed E-state index contributed by atoms with van der Waals surface area (Å²) in [5, 5.41) is 2.41. The Balaban J connectivity index is 1.92. The Kier molecular flexibility index (Phi) is 8.01. The Morgan fingerprint density at radius 1 is 1.11 bits per heavy atom. The number of amides is 1. The van der Waals surface area contributed by atoms with Crippen LogP contribution >= 0.6 is 11.8 Å². The van der Waals surface area contributed by atoms with Crippen LogP contribution in [0.2, 0.25) is 0 Å². The number of benzene rings is 2. The number of hydrogen-bond acceptors (Lipinski definition) is 5. The molecule has 0 aliphatic heterocycles. The first-order valence-corrected chi connectivity index (χ1v) is 9.49. The summed E-state index contributed by atoms with van der Waals surface area (Å²) in [5.41, 5.74) is 0.866. The zero-order valence-electron chi connectivity index (χ0n) is 15.2. The summed E-state index contributed by atoms with van der Waals surface area (Å²) in [6.45, 7) is -1.64. The van der Waals surface area contributed by atoms with Crippen LogP contribution in [0.4, 0.5) is 14.5 Å². The van der Waals surface area contributed by atoms with Gasteiger partial charge in [-0.2, -0.15) is 8.78 Å². The van der Waals surface area contributed by atoms with Gasteiger partial charge in [0.25, 0.3) is 5.91 Å². The molecule has 0 unspecified atom stereocenters. The van der Waals surface area contributed by atoms with Crippen LogP contribution < -0.4 is 10.1 Å². The molecular weight excluding hydrogens is 388 g/mol. The number of esters is 1. The highest BCUT2D eigenvalue weighted by Crippen LogP contribution is 2.25. The molecule has 0 saturated carbocycles. The third kappa shape index (κ3) is 6.70. The molecule has 148 valence electrons. The SMILES string of the molecule is CSc1ccc(/C=C/C(=O)O[C@H](C)C(=O)Nc2ccccc2OC(F)F)cc1. The lowest BCUT2D eigenvalue weighted by Gasteiger charge is -2.15. The van der Waals surface area contributed by atoms with E-state index in [1.54, 1.807) is 23.9 Å². The van der Waals surface area contributed by atoms with Gasteiger partial charge in [0.15, 0.2) is 6.10 Å². The van der Waals surface area contributed by atoms with E-state index >= 15 is 0 Å². The zero-order valence-corrected chi connectivity index (χ0v) is 16.0. The lowest BCUT2D eigenvalue weighted by atomic mass is 10.2. The van der Waals surface area contributed by atoms with Gasteiger partial charge < -0.3 is 14.8 Å². The maximum absolute atomic E-state index is 12.4. The maximum atomic E-state index is 12.4. The Bertz CT molecular complexity index is 840. The van der Waals surface area contributed by atoms with Crippen LogP contribution in [0.1, 0.15) is 12.5 Å². The number of carbonyl (C=O) groups is 2.